The van der Waals surface area contributed by atoms with Gasteiger partial charge in [0, 0.05) is 13.5 Å². The fourth-order valence-corrected chi connectivity index (χ4v) is 2.69. The lowest BCUT2D eigenvalue weighted by molar-refractivity contribution is -0.270. The minimum absolute atomic E-state index is 0.347. The Bertz CT molecular complexity index is 341. The van der Waals surface area contributed by atoms with E-state index in [1.54, 1.807) is 0 Å². The molecule has 1 aliphatic heterocycles. The van der Waals surface area contributed by atoms with E-state index in [1.165, 1.54) is 26.2 Å². The number of aliphatic hydroxyl groups excluding tert-OH is 3. The Hall–Kier alpha value is -0.730. The summed E-state index contributed by atoms with van der Waals surface area (Å²) >= 11 is 0. The highest BCUT2D eigenvalue weighted by Gasteiger charge is 2.45. The molecule has 1 aliphatic rings. The van der Waals surface area contributed by atoms with Crippen molar-refractivity contribution in [2.75, 3.05) is 13.2 Å². The minimum atomic E-state index is -1.27. The Balaban J connectivity index is 2.45. The molecule has 0 radical (unpaired) electrons. The van der Waals surface area contributed by atoms with Gasteiger partial charge in [0.15, 0.2) is 6.29 Å². The summed E-state index contributed by atoms with van der Waals surface area (Å²) in [5.74, 6) is -0.347. The van der Waals surface area contributed by atoms with Gasteiger partial charge in [-0.25, -0.2) is 0 Å². The number of hydrogen-bond acceptors (Lipinski definition) is 6. The lowest BCUT2D eigenvalue weighted by Crippen LogP contribution is -2.64. The fourth-order valence-electron chi connectivity index (χ4n) is 2.69. The first-order valence-corrected chi connectivity index (χ1v) is 8.52. The summed E-state index contributed by atoms with van der Waals surface area (Å²) in [6.07, 6.45) is 2.37. The molecule has 0 unspecified atom stereocenters. The van der Waals surface area contributed by atoms with Crippen LogP contribution in [0.25, 0.3) is 0 Å². The fraction of sp³-hybridized carbons (Fsp3) is 0.938. The van der Waals surface area contributed by atoms with E-state index in [-0.39, 0.29) is 5.91 Å². The van der Waals surface area contributed by atoms with Crippen LogP contribution in [0.5, 0.6) is 0 Å². The molecule has 1 saturated heterocycles. The molecule has 0 bridgehead atoms. The van der Waals surface area contributed by atoms with Gasteiger partial charge < -0.3 is 30.1 Å². The molecule has 1 amide bonds. The van der Waals surface area contributed by atoms with Gasteiger partial charge in [-0.05, 0) is 6.42 Å². The number of nitrogens with one attached hydrogen (secondary N) is 1. The van der Waals surface area contributed by atoms with Crippen molar-refractivity contribution < 1.29 is 29.6 Å². The predicted molar refractivity (Wildman–Crippen MR) is 84.7 cm³/mol. The van der Waals surface area contributed by atoms with E-state index in [1.807, 2.05) is 0 Å². The summed E-state index contributed by atoms with van der Waals surface area (Å²) < 4.78 is 11.1. The SMILES string of the molecule is CCCCCCCCO[C@H]1O[C@@H](CO)[C@@H](O)[C@@H](O)[C@H]1NC(C)=O. The van der Waals surface area contributed by atoms with Crippen LogP contribution in [0, 0.1) is 0 Å². The molecular weight excluding hydrogens is 302 g/mol. The Kier molecular flexibility index (Phi) is 9.66. The zero-order valence-corrected chi connectivity index (χ0v) is 14.1. The second-order valence-corrected chi connectivity index (χ2v) is 6.07. The monoisotopic (exact) mass is 333 g/mol. The van der Waals surface area contributed by atoms with Crippen LogP contribution >= 0.6 is 0 Å². The third-order valence-corrected chi connectivity index (χ3v) is 4.03. The molecular formula is C16H31NO6. The summed E-state index contributed by atoms with van der Waals surface area (Å²) in [6, 6.07) is -0.856. The van der Waals surface area contributed by atoms with Gasteiger partial charge in [-0.2, -0.15) is 0 Å². The highest BCUT2D eigenvalue weighted by molar-refractivity contribution is 5.73. The van der Waals surface area contributed by atoms with Crippen molar-refractivity contribution in [3.05, 3.63) is 0 Å². The summed E-state index contributed by atoms with van der Waals surface area (Å²) in [5.41, 5.74) is 0. The van der Waals surface area contributed by atoms with E-state index >= 15 is 0 Å². The number of hydrogen-bond donors (Lipinski definition) is 4. The molecule has 7 heteroatoms. The second kappa shape index (κ2) is 10.9. The van der Waals surface area contributed by atoms with Crippen LogP contribution in [0.3, 0.4) is 0 Å². The molecule has 0 aromatic carbocycles. The van der Waals surface area contributed by atoms with E-state index < -0.39 is 37.3 Å². The van der Waals surface area contributed by atoms with Crippen molar-refractivity contribution in [3.63, 3.8) is 0 Å². The van der Waals surface area contributed by atoms with Gasteiger partial charge in [-0.15, -0.1) is 0 Å². The zero-order valence-electron chi connectivity index (χ0n) is 14.1. The number of carbonyl (C=O) groups is 1. The normalized spacial score (nSPS) is 31.1. The van der Waals surface area contributed by atoms with E-state index in [2.05, 4.69) is 12.2 Å². The first-order valence-electron chi connectivity index (χ1n) is 8.52. The third kappa shape index (κ3) is 6.73. The molecule has 0 aliphatic carbocycles. The van der Waals surface area contributed by atoms with Gasteiger partial charge in [0.1, 0.15) is 24.4 Å². The van der Waals surface area contributed by atoms with Crippen LogP contribution in [0.1, 0.15) is 52.4 Å². The molecule has 136 valence electrons. The predicted octanol–water partition coefficient (Wildman–Crippen LogP) is 0.307. The van der Waals surface area contributed by atoms with E-state index in [0.717, 1.165) is 19.3 Å². The number of unbranched alkanes of at least 4 members (excludes halogenated alkanes) is 5. The Morgan fingerprint density at radius 2 is 1.78 bits per heavy atom. The van der Waals surface area contributed by atoms with Gasteiger partial charge in [-0.3, -0.25) is 4.79 Å². The lowest BCUT2D eigenvalue weighted by Gasteiger charge is -2.42. The Morgan fingerprint density at radius 3 is 2.39 bits per heavy atom. The smallest absolute Gasteiger partial charge is 0.217 e. The van der Waals surface area contributed by atoms with Crippen LogP contribution in [-0.4, -0.2) is 65.1 Å². The average molecular weight is 333 g/mol. The van der Waals surface area contributed by atoms with Gasteiger partial charge in [0.05, 0.1) is 6.61 Å². The molecule has 0 aromatic heterocycles. The van der Waals surface area contributed by atoms with Crippen molar-refractivity contribution in [3.8, 4) is 0 Å². The maximum Gasteiger partial charge on any atom is 0.217 e. The molecule has 23 heavy (non-hydrogen) atoms. The molecule has 1 heterocycles. The van der Waals surface area contributed by atoms with Crippen LogP contribution in [-0.2, 0) is 14.3 Å². The molecule has 0 spiro atoms. The van der Waals surface area contributed by atoms with Crippen molar-refractivity contribution in [2.24, 2.45) is 0 Å². The van der Waals surface area contributed by atoms with Crippen molar-refractivity contribution in [1.82, 2.24) is 5.32 Å². The molecule has 0 saturated carbocycles. The van der Waals surface area contributed by atoms with Crippen LogP contribution in [0.4, 0.5) is 0 Å². The quantitative estimate of drug-likeness (QED) is 0.429. The minimum Gasteiger partial charge on any atom is -0.394 e. The van der Waals surface area contributed by atoms with Crippen LogP contribution in [0.15, 0.2) is 0 Å². The molecule has 4 N–H and O–H groups in total. The van der Waals surface area contributed by atoms with Gasteiger partial charge in [0.25, 0.3) is 0 Å². The van der Waals surface area contributed by atoms with E-state index in [0.29, 0.717) is 6.61 Å². The first-order chi connectivity index (χ1) is 11.0. The second-order valence-electron chi connectivity index (χ2n) is 6.07. The summed E-state index contributed by atoms with van der Waals surface area (Å²) in [7, 11) is 0. The van der Waals surface area contributed by atoms with Crippen LogP contribution < -0.4 is 5.32 Å². The maximum atomic E-state index is 11.3. The van der Waals surface area contributed by atoms with Gasteiger partial charge >= 0.3 is 0 Å². The standard InChI is InChI=1S/C16H31NO6/c1-3-4-5-6-7-8-9-22-16-13(17-11(2)19)15(21)14(20)12(10-18)23-16/h12-16,18,20-21H,3-10H2,1-2H3,(H,17,19)/t12-,13+,14+,15-,16-/m0/s1. The number of rotatable bonds is 10. The molecule has 5 atom stereocenters. The number of carbonyl (C=O) groups excluding carboxylic acids is 1. The highest BCUT2D eigenvalue weighted by atomic mass is 16.7. The lowest BCUT2D eigenvalue weighted by atomic mass is 9.97. The first kappa shape index (κ1) is 20.3. The van der Waals surface area contributed by atoms with Gasteiger partial charge in [0.2, 0.25) is 5.91 Å². The number of ether oxygens (including phenoxy) is 2. The van der Waals surface area contributed by atoms with E-state index in [9.17, 15) is 20.1 Å². The average Bonchev–Trinajstić information content (AvgIpc) is 2.52. The van der Waals surface area contributed by atoms with E-state index in [4.69, 9.17) is 9.47 Å². The van der Waals surface area contributed by atoms with Gasteiger partial charge in [-0.1, -0.05) is 39.0 Å². The summed E-state index contributed by atoms with van der Waals surface area (Å²) in [4.78, 5) is 11.3. The molecule has 1 rings (SSSR count). The largest absolute Gasteiger partial charge is 0.394 e. The van der Waals surface area contributed by atoms with Crippen molar-refractivity contribution in [1.29, 1.82) is 0 Å². The summed E-state index contributed by atoms with van der Waals surface area (Å²) in [6.45, 7) is 3.50. The topological polar surface area (TPSA) is 108 Å². The molecule has 0 aromatic rings. The third-order valence-electron chi connectivity index (χ3n) is 4.03. The number of aliphatic hydroxyl groups is 3. The molecule has 7 nitrogen and oxygen atoms in total. The zero-order chi connectivity index (χ0) is 17.2. The Morgan fingerprint density at radius 1 is 1.13 bits per heavy atom. The maximum absolute atomic E-state index is 11.3. The number of amides is 1. The summed E-state index contributed by atoms with van der Waals surface area (Å²) in [5, 5.41) is 31.8. The van der Waals surface area contributed by atoms with Crippen LogP contribution in [0.2, 0.25) is 0 Å². The Labute approximate surface area is 138 Å². The molecule has 1 fully saturated rings. The van der Waals surface area contributed by atoms with Crippen molar-refractivity contribution >= 4 is 5.91 Å². The highest BCUT2D eigenvalue weighted by Crippen LogP contribution is 2.22. The van der Waals surface area contributed by atoms with Crippen molar-refractivity contribution in [2.45, 2.75) is 83.0 Å².